The quantitative estimate of drug-likeness (QED) is 0.906. The Hall–Kier alpha value is -2.87. The topological polar surface area (TPSA) is 106 Å². The molecule has 24 heavy (non-hydrogen) atoms. The first kappa shape index (κ1) is 16.0. The molecule has 122 valence electrons. The van der Waals surface area contributed by atoms with Crippen LogP contribution in [0.15, 0.2) is 24.3 Å². The molecule has 1 unspecified atom stereocenters. The van der Waals surface area contributed by atoms with Gasteiger partial charge in [0.15, 0.2) is 0 Å². The Morgan fingerprint density at radius 2 is 1.92 bits per heavy atom. The molecule has 5 heteroatoms. The molecule has 0 bridgehead atoms. The third kappa shape index (κ3) is 2.50. The number of aromatic nitrogens is 1. The average Bonchev–Trinajstić information content (AvgIpc) is 3.17. The normalized spacial score (nSPS) is 18.0. The van der Waals surface area contributed by atoms with E-state index in [-0.39, 0.29) is 11.2 Å². The van der Waals surface area contributed by atoms with E-state index < -0.39 is 5.91 Å². The fourth-order valence-corrected chi connectivity index (χ4v) is 3.26. The van der Waals surface area contributed by atoms with Gasteiger partial charge in [-0.05, 0) is 42.0 Å². The van der Waals surface area contributed by atoms with E-state index in [2.05, 4.69) is 24.9 Å². The van der Waals surface area contributed by atoms with Crippen molar-refractivity contribution >= 4 is 11.7 Å². The van der Waals surface area contributed by atoms with Crippen molar-refractivity contribution in [3.8, 4) is 17.2 Å². The van der Waals surface area contributed by atoms with Gasteiger partial charge in [-0.25, -0.2) is 4.98 Å². The molecule has 0 aliphatic heterocycles. The second kappa shape index (κ2) is 5.34. The summed E-state index contributed by atoms with van der Waals surface area (Å²) in [4.78, 5) is 15.8. The molecule has 1 aliphatic carbocycles. The van der Waals surface area contributed by atoms with E-state index >= 15 is 0 Å². The highest BCUT2D eigenvalue weighted by atomic mass is 16.1. The van der Waals surface area contributed by atoms with E-state index in [0.29, 0.717) is 17.0 Å². The number of amides is 1. The van der Waals surface area contributed by atoms with Gasteiger partial charge in [-0.1, -0.05) is 26.0 Å². The second-order valence-electron chi connectivity index (χ2n) is 7.06. The number of carbonyl (C=O) groups is 1. The lowest BCUT2D eigenvalue weighted by atomic mass is 9.92. The number of carbonyl (C=O) groups excluding carboxylic acids is 1. The van der Waals surface area contributed by atoms with Crippen LogP contribution in [-0.4, -0.2) is 10.9 Å². The highest BCUT2D eigenvalue weighted by Gasteiger charge is 2.48. The first-order valence-electron chi connectivity index (χ1n) is 7.86. The molecular formula is C19H20N4O. The van der Waals surface area contributed by atoms with Crippen molar-refractivity contribution in [1.82, 2.24) is 4.98 Å². The third-order valence-electron chi connectivity index (χ3n) is 4.92. The number of nitriles is 1. The van der Waals surface area contributed by atoms with Crippen molar-refractivity contribution in [2.75, 3.05) is 5.73 Å². The van der Waals surface area contributed by atoms with Crippen LogP contribution in [0, 0.1) is 23.7 Å². The molecule has 0 spiro atoms. The first-order valence-corrected chi connectivity index (χ1v) is 7.86. The lowest BCUT2D eigenvalue weighted by Crippen LogP contribution is -2.10. The number of nitrogen functional groups attached to an aromatic ring is 1. The number of primary amides is 1. The molecule has 1 fully saturated rings. The highest BCUT2D eigenvalue weighted by Crippen LogP contribution is 2.59. The molecule has 1 heterocycles. The minimum Gasteiger partial charge on any atom is -0.383 e. The van der Waals surface area contributed by atoms with Gasteiger partial charge in [-0.15, -0.1) is 0 Å². The van der Waals surface area contributed by atoms with Gasteiger partial charge < -0.3 is 11.5 Å². The largest absolute Gasteiger partial charge is 0.383 e. The van der Waals surface area contributed by atoms with Crippen LogP contribution in [0.5, 0.6) is 0 Å². The molecule has 1 aliphatic rings. The molecule has 1 atom stereocenters. The number of rotatable bonds is 3. The number of nitrogens with two attached hydrogens (primary N) is 2. The minimum absolute atomic E-state index is 0.214. The Morgan fingerprint density at radius 3 is 2.38 bits per heavy atom. The van der Waals surface area contributed by atoms with Gasteiger partial charge in [0, 0.05) is 17.0 Å². The number of nitrogens with zero attached hydrogens (tertiary/aromatic N) is 2. The molecule has 3 rings (SSSR count). The lowest BCUT2D eigenvalue weighted by molar-refractivity contribution is 0.100. The fourth-order valence-electron chi connectivity index (χ4n) is 3.26. The van der Waals surface area contributed by atoms with Crippen molar-refractivity contribution in [3.63, 3.8) is 0 Å². The number of anilines is 1. The number of hydrogen-bond donors (Lipinski definition) is 2. The molecule has 1 saturated carbocycles. The maximum Gasteiger partial charge on any atom is 0.248 e. The molecule has 0 saturated heterocycles. The number of hydrogen-bond acceptors (Lipinski definition) is 4. The van der Waals surface area contributed by atoms with E-state index in [4.69, 9.17) is 11.5 Å². The SMILES string of the molecule is Cc1c(C2CC2(C)C)nc(N)c(C#N)c1-c1ccc(C(N)=O)cc1. The maximum absolute atomic E-state index is 11.3. The van der Waals surface area contributed by atoms with Gasteiger partial charge in [-0.3, -0.25) is 4.79 Å². The van der Waals surface area contributed by atoms with Crippen LogP contribution < -0.4 is 11.5 Å². The van der Waals surface area contributed by atoms with Crippen molar-refractivity contribution in [1.29, 1.82) is 5.26 Å². The van der Waals surface area contributed by atoms with Crippen molar-refractivity contribution in [2.24, 2.45) is 11.1 Å². The summed E-state index contributed by atoms with van der Waals surface area (Å²) in [6.07, 6.45) is 1.06. The van der Waals surface area contributed by atoms with E-state index in [1.54, 1.807) is 24.3 Å². The Kier molecular flexibility index (Phi) is 3.56. The molecular weight excluding hydrogens is 300 g/mol. The molecule has 5 nitrogen and oxygen atoms in total. The monoisotopic (exact) mass is 320 g/mol. The molecule has 1 amide bonds. The summed E-state index contributed by atoms with van der Waals surface area (Å²) >= 11 is 0. The van der Waals surface area contributed by atoms with Gasteiger partial charge in [0.2, 0.25) is 5.91 Å². The molecule has 2 aromatic rings. The van der Waals surface area contributed by atoms with Crippen LogP contribution >= 0.6 is 0 Å². The zero-order chi connectivity index (χ0) is 17.6. The Labute approximate surface area is 141 Å². The summed E-state index contributed by atoms with van der Waals surface area (Å²) < 4.78 is 0. The summed E-state index contributed by atoms with van der Waals surface area (Å²) in [5.74, 6) is 0.138. The van der Waals surface area contributed by atoms with E-state index in [0.717, 1.165) is 28.8 Å². The van der Waals surface area contributed by atoms with Crippen LogP contribution in [0.3, 0.4) is 0 Å². The molecule has 4 N–H and O–H groups in total. The van der Waals surface area contributed by atoms with Crippen molar-refractivity contribution in [2.45, 2.75) is 33.1 Å². The van der Waals surface area contributed by atoms with Crippen LogP contribution in [0.2, 0.25) is 0 Å². The lowest BCUT2D eigenvalue weighted by Gasteiger charge is -2.16. The Morgan fingerprint density at radius 1 is 1.33 bits per heavy atom. The van der Waals surface area contributed by atoms with E-state index in [9.17, 15) is 10.1 Å². The van der Waals surface area contributed by atoms with Gasteiger partial charge >= 0.3 is 0 Å². The van der Waals surface area contributed by atoms with E-state index in [1.807, 2.05) is 6.92 Å². The van der Waals surface area contributed by atoms with Crippen molar-refractivity contribution in [3.05, 3.63) is 46.6 Å². The number of benzene rings is 1. The summed E-state index contributed by atoms with van der Waals surface area (Å²) in [6, 6.07) is 9.09. The average molecular weight is 320 g/mol. The van der Waals surface area contributed by atoms with Gasteiger partial charge in [0.1, 0.15) is 17.5 Å². The molecule has 0 radical (unpaired) electrons. The predicted octanol–water partition coefficient (Wildman–Crippen LogP) is 3.12. The van der Waals surface area contributed by atoms with Gasteiger partial charge in [0.05, 0.1) is 5.69 Å². The second-order valence-corrected chi connectivity index (χ2v) is 7.06. The van der Waals surface area contributed by atoms with Crippen LogP contribution in [0.1, 0.15) is 53.4 Å². The Bertz CT molecular complexity index is 876. The zero-order valence-corrected chi connectivity index (χ0v) is 14.1. The van der Waals surface area contributed by atoms with Crippen LogP contribution in [0.4, 0.5) is 5.82 Å². The first-order chi connectivity index (χ1) is 11.3. The minimum atomic E-state index is -0.478. The molecule has 1 aromatic heterocycles. The van der Waals surface area contributed by atoms with Crippen LogP contribution in [-0.2, 0) is 0 Å². The van der Waals surface area contributed by atoms with Crippen LogP contribution in [0.25, 0.3) is 11.1 Å². The number of pyridine rings is 1. The van der Waals surface area contributed by atoms with Crippen molar-refractivity contribution < 1.29 is 4.79 Å². The molecule has 1 aromatic carbocycles. The standard InChI is InChI=1S/C19H20N4O/c1-10-15(11-4-6-12(7-5-11)18(22)24)13(9-20)17(21)23-16(10)14-8-19(14,2)3/h4-7,14H,8H2,1-3H3,(H2,21,23)(H2,22,24). The predicted molar refractivity (Wildman–Crippen MR) is 93.2 cm³/mol. The summed E-state index contributed by atoms with van der Waals surface area (Å²) in [5, 5.41) is 9.53. The summed E-state index contributed by atoms with van der Waals surface area (Å²) in [7, 11) is 0. The zero-order valence-electron chi connectivity index (χ0n) is 14.1. The third-order valence-corrected chi connectivity index (χ3v) is 4.92. The smallest absolute Gasteiger partial charge is 0.248 e. The Balaban J connectivity index is 2.19. The fraction of sp³-hybridized carbons (Fsp3) is 0.316. The van der Waals surface area contributed by atoms with E-state index in [1.165, 1.54) is 0 Å². The summed E-state index contributed by atoms with van der Waals surface area (Å²) in [6.45, 7) is 6.39. The summed E-state index contributed by atoms with van der Waals surface area (Å²) in [5.41, 5.74) is 15.9. The van der Waals surface area contributed by atoms with Gasteiger partial charge in [-0.2, -0.15) is 5.26 Å². The van der Waals surface area contributed by atoms with Gasteiger partial charge in [0.25, 0.3) is 0 Å². The maximum atomic E-state index is 11.3. The highest BCUT2D eigenvalue weighted by molar-refractivity contribution is 5.93.